The predicted molar refractivity (Wildman–Crippen MR) is 52.1 cm³/mol. The molecule has 0 radical (unpaired) electrons. The Bertz CT molecular complexity index is 161. The van der Waals surface area contributed by atoms with Gasteiger partial charge in [0.2, 0.25) is 0 Å². The van der Waals surface area contributed by atoms with Crippen molar-refractivity contribution in [1.82, 2.24) is 0 Å². The van der Waals surface area contributed by atoms with Crippen molar-refractivity contribution in [2.45, 2.75) is 52.1 Å². The van der Waals surface area contributed by atoms with Crippen LogP contribution in [0.3, 0.4) is 0 Å². The fourth-order valence-electron chi connectivity index (χ4n) is 2.28. The van der Waals surface area contributed by atoms with Crippen LogP contribution in [0, 0.1) is 16.7 Å². The Morgan fingerprint density at radius 2 is 2.23 bits per heavy atom. The first-order chi connectivity index (χ1) is 6.27. The Morgan fingerprint density at radius 1 is 1.46 bits per heavy atom. The van der Waals surface area contributed by atoms with E-state index in [1.807, 2.05) is 0 Å². The molecule has 13 heavy (non-hydrogen) atoms. The van der Waals surface area contributed by atoms with Gasteiger partial charge in [0, 0.05) is 0 Å². The average molecular weight is 185 g/mol. The van der Waals surface area contributed by atoms with Crippen LogP contribution in [0.1, 0.15) is 46.0 Å². The van der Waals surface area contributed by atoms with Gasteiger partial charge < -0.3 is 4.84 Å². The van der Waals surface area contributed by atoms with Gasteiger partial charge in [0.05, 0.1) is 0 Å². The normalized spacial score (nSPS) is 34.2. The minimum atomic E-state index is 0.0844. The molecule has 1 aliphatic carbocycles. The van der Waals surface area contributed by atoms with Gasteiger partial charge in [0.1, 0.15) is 6.10 Å². The monoisotopic (exact) mass is 185 g/mol. The molecule has 0 spiro atoms. The molecule has 3 nitrogen and oxygen atoms in total. The number of nitrogens with zero attached hydrogens (tertiary/aromatic N) is 1. The summed E-state index contributed by atoms with van der Waals surface area (Å²) < 4.78 is 0. The minimum Gasteiger partial charge on any atom is -0.360 e. The van der Waals surface area contributed by atoms with Crippen LogP contribution in [0.25, 0.3) is 0 Å². The van der Waals surface area contributed by atoms with Gasteiger partial charge in [0.25, 0.3) is 0 Å². The highest BCUT2D eigenvalue weighted by atomic mass is 16.7. The third kappa shape index (κ3) is 2.98. The Labute approximate surface area is 79.8 Å². The first-order valence-electron chi connectivity index (χ1n) is 5.26. The third-order valence-electron chi connectivity index (χ3n) is 3.03. The predicted octanol–water partition coefficient (Wildman–Crippen LogP) is 3.29. The highest BCUT2D eigenvalue weighted by molar-refractivity contribution is 4.78. The smallest absolute Gasteiger partial charge is 0.155 e. The molecule has 0 amide bonds. The maximum atomic E-state index is 10.1. The largest absolute Gasteiger partial charge is 0.360 e. The average Bonchev–Trinajstić information content (AvgIpc) is 2.10. The van der Waals surface area contributed by atoms with E-state index in [1.54, 1.807) is 0 Å². The molecule has 1 fully saturated rings. The second-order valence-electron chi connectivity index (χ2n) is 4.19. The van der Waals surface area contributed by atoms with Crippen LogP contribution >= 0.6 is 0 Å². The van der Waals surface area contributed by atoms with Crippen molar-refractivity contribution in [3.8, 4) is 0 Å². The van der Waals surface area contributed by atoms with Crippen LogP contribution in [-0.2, 0) is 4.84 Å². The minimum absolute atomic E-state index is 0.0844. The SMILES string of the molecule is CCCC1CCC(C)CC1ON=O. The van der Waals surface area contributed by atoms with E-state index in [-0.39, 0.29) is 6.10 Å². The van der Waals surface area contributed by atoms with Crippen molar-refractivity contribution in [2.75, 3.05) is 0 Å². The van der Waals surface area contributed by atoms with Crippen LogP contribution in [-0.4, -0.2) is 6.10 Å². The van der Waals surface area contributed by atoms with E-state index in [0.29, 0.717) is 11.8 Å². The van der Waals surface area contributed by atoms with Gasteiger partial charge in [-0.1, -0.05) is 26.7 Å². The first kappa shape index (κ1) is 10.5. The van der Waals surface area contributed by atoms with Gasteiger partial charge in [-0.3, -0.25) is 0 Å². The molecule has 0 heterocycles. The standard InChI is InChI=1S/C10H19NO2/c1-3-4-9-6-5-8(2)7-10(9)13-11-12/h8-10H,3-7H2,1-2H3. The number of rotatable bonds is 4. The van der Waals surface area contributed by atoms with Crippen LogP contribution in [0.4, 0.5) is 0 Å². The summed E-state index contributed by atoms with van der Waals surface area (Å²) in [4.78, 5) is 14.9. The summed E-state index contributed by atoms with van der Waals surface area (Å²) in [5, 5.41) is 2.58. The molecule has 76 valence electrons. The summed E-state index contributed by atoms with van der Waals surface area (Å²) >= 11 is 0. The maximum absolute atomic E-state index is 10.1. The summed E-state index contributed by atoms with van der Waals surface area (Å²) in [6.07, 6.45) is 5.86. The zero-order valence-electron chi connectivity index (χ0n) is 8.53. The lowest BCUT2D eigenvalue weighted by Crippen LogP contribution is -2.29. The van der Waals surface area contributed by atoms with Gasteiger partial charge in [-0.25, -0.2) is 0 Å². The van der Waals surface area contributed by atoms with Gasteiger partial charge >= 0.3 is 0 Å². The Morgan fingerprint density at radius 3 is 2.85 bits per heavy atom. The van der Waals surface area contributed by atoms with Crippen LogP contribution in [0.15, 0.2) is 5.34 Å². The van der Waals surface area contributed by atoms with Crippen molar-refractivity contribution in [3.05, 3.63) is 4.91 Å². The van der Waals surface area contributed by atoms with Crippen molar-refractivity contribution in [2.24, 2.45) is 17.2 Å². The van der Waals surface area contributed by atoms with Crippen molar-refractivity contribution >= 4 is 0 Å². The summed E-state index contributed by atoms with van der Waals surface area (Å²) in [6, 6.07) is 0. The summed E-state index contributed by atoms with van der Waals surface area (Å²) in [5.74, 6) is 1.23. The fraction of sp³-hybridized carbons (Fsp3) is 1.00. The summed E-state index contributed by atoms with van der Waals surface area (Å²) in [5.41, 5.74) is 0. The van der Waals surface area contributed by atoms with E-state index in [4.69, 9.17) is 4.84 Å². The van der Waals surface area contributed by atoms with Crippen molar-refractivity contribution in [3.63, 3.8) is 0 Å². The Balaban J connectivity index is 2.44. The lowest BCUT2D eigenvalue weighted by atomic mass is 9.79. The van der Waals surface area contributed by atoms with Gasteiger partial charge in [-0.05, 0) is 31.1 Å². The number of hydrogen-bond donors (Lipinski definition) is 0. The summed E-state index contributed by atoms with van der Waals surface area (Å²) in [6.45, 7) is 4.38. The molecule has 0 aromatic heterocycles. The van der Waals surface area contributed by atoms with Crippen LogP contribution in [0.2, 0.25) is 0 Å². The van der Waals surface area contributed by atoms with Crippen molar-refractivity contribution < 1.29 is 4.84 Å². The molecule has 3 atom stereocenters. The first-order valence-corrected chi connectivity index (χ1v) is 5.26. The highest BCUT2D eigenvalue weighted by Crippen LogP contribution is 2.33. The molecular weight excluding hydrogens is 166 g/mol. The molecule has 1 aliphatic rings. The molecular formula is C10H19NO2. The topological polar surface area (TPSA) is 38.7 Å². The molecule has 0 saturated heterocycles. The quantitative estimate of drug-likeness (QED) is 0.498. The van der Waals surface area contributed by atoms with E-state index in [1.165, 1.54) is 12.8 Å². The van der Waals surface area contributed by atoms with Crippen molar-refractivity contribution in [1.29, 1.82) is 0 Å². The molecule has 0 aromatic carbocycles. The van der Waals surface area contributed by atoms with E-state index >= 15 is 0 Å². The Kier molecular flexibility index (Phi) is 4.19. The highest BCUT2D eigenvalue weighted by Gasteiger charge is 2.29. The van der Waals surface area contributed by atoms with Crippen LogP contribution < -0.4 is 0 Å². The zero-order chi connectivity index (χ0) is 9.68. The van der Waals surface area contributed by atoms with Gasteiger partial charge in [-0.2, -0.15) is 0 Å². The molecule has 3 heteroatoms. The zero-order valence-corrected chi connectivity index (χ0v) is 8.53. The molecule has 1 rings (SSSR count). The molecule has 0 aromatic rings. The van der Waals surface area contributed by atoms with Crippen LogP contribution in [0.5, 0.6) is 0 Å². The molecule has 0 aliphatic heterocycles. The lowest BCUT2D eigenvalue weighted by Gasteiger charge is -2.31. The van der Waals surface area contributed by atoms with E-state index in [0.717, 1.165) is 19.3 Å². The third-order valence-corrected chi connectivity index (χ3v) is 3.03. The van der Waals surface area contributed by atoms with E-state index < -0.39 is 0 Å². The second kappa shape index (κ2) is 5.20. The Hall–Kier alpha value is -0.600. The second-order valence-corrected chi connectivity index (χ2v) is 4.19. The number of hydrogen-bond acceptors (Lipinski definition) is 3. The lowest BCUT2D eigenvalue weighted by molar-refractivity contribution is -0.0264. The molecule has 0 bridgehead atoms. The van der Waals surface area contributed by atoms with E-state index in [2.05, 4.69) is 19.2 Å². The molecule has 3 unspecified atom stereocenters. The van der Waals surface area contributed by atoms with Gasteiger partial charge in [0.15, 0.2) is 5.34 Å². The van der Waals surface area contributed by atoms with E-state index in [9.17, 15) is 4.91 Å². The maximum Gasteiger partial charge on any atom is 0.155 e. The fourth-order valence-corrected chi connectivity index (χ4v) is 2.28. The van der Waals surface area contributed by atoms with Gasteiger partial charge in [-0.15, -0.1) is 4.91 Å². The molecule has 0 N–H and O–H groups in total. The summed E-state index contributed by atoms with van der Waals surface area (Å²) in [7, 11) is 0. The molecule has 1 saturated carbocycles.